The molecule has 0 unspecified atom stereocenters. The molecule has 1 heterocycles. The van der Waals surface area contributed by atoms with Crippen molar-refractivity contribution in [2.24, 2.45) is 5.92 Å². The van der Waals surface area contributed by atoms with Crippen molar-refractivity contribution in [2.45, 2.75) is 53.0 Å². The second-order valence-electron chi connectivity index (χ2n) is 5.04. The Hall–Kier alpha value is -0.410. The highest BCUT2D eigenvalue weighted by molar-refractivity contribution is 7.09. The van der Waals surface area contributed by atoms with E-state index in [0.29, 0.717) is 5.92 Å². The number of hydrogen-bond donors (Lipinski definition) is 1. The van der Waals surface area contributed by atoms with Crippen LogP contribution in [0.4, 0.5) is 0 Å². The van der Waals surface area contributed by atoms with Gasteiger partial charge >= 0.3 is 0 Å². The highest BCUT2D eigenvalue weighted by atomic mass is 32.1. The fourth-order valence-electron chi connectivity index (χ4n) is 1.52. The van der Waals surface area contributed by atoms with Crippen LogP contribution in [-0.4, -0.2) is 11.5 Å². The zero-order chi connectivity index (χ0) is 12.0. The number of rotatable bonds is 7. The van der Waals surface area contributed by atoms with Gasteiger partial charge in [-0.05, 0) is 25.3 Å². The summed E-state index contributed by atoms with van der Waals surface area (Å²) < 4.78 is 0. The van der Waals surface area contributed by atoms with Crippen LogP contribution in [0.1, 0.15) is 57.2 Å². The molecule has 0 aliphatic rings. The quantitative estimate of drug-likeness (QED) is 0.733. The van der Waals surface area contributed by atoms with E-state index in [1.54, 1.807) is 11.3 Å². The highest BCUT2D eigenvalue weighted by Gasteiger charge is 2.04. The monoisotopic (exact) mass is 240 g/mol. The van der Waals surface area contributed by atoms with Crippen LogP contribution in [0.25, 0.3) is 0 Å². The second-order valence-corrected chi connectivity index (χ2v) is 5.93. The van der Waals surface area contributed by atoms with Crippen molar-refractivity contribution < 1.29 is 0 Å². The van der Waals surface area contributed by atoms with Gasteiger partial charge in [0.25, 0.3) is 0 Å². The number of thiazole rings is 1. The van der Waals surface area contributed by atoms with Crippen molar-refractivity contribution in [2.75, 3.05) is 6.54 Å². The summed E-state index contributed by atoms with van der Waals surface area (Å²) in [6, 6.07) is 0. The van der Waals surface area contributed by atoms with Crippen LogP contribution in [0.2, 0.25) is 0 Å². The van der Waals surface area contributed by atoms with Crippen molar-refractivity contribution >= 4 is 11.3 Å². The molecule has 16 heavy (non-hydrogen) atoms. The molecular weight excluding hydrogens is 216 g/mol. The summed E-state index contributed by atoms with van der Waals surface area (Å²) in [7, 11) is 0. The minimum absolute atomic E-state index is 0.555. The van der Waals surface area contributed by atoms with Gasteiger partial charge in [0, 0.05) is 17.8 Å². The first-order valence-corrected chi connectivity index (χ1v) is 7.12. The van der Waals surface area contributed by atoms with Crippen molar-refractivity contribution in [3.8, 4) is 0 Å². The summed E-state index contributed by atoms with van der Waals surface area (Å²) in [4.78, 5) is 4.60. The third kappa shape index (κ3) is 5.08. The van der Waals surface area contributed by atoms with Crippen LogP contribution in [0.5, 0.6) is 0 Å². The molecule has 1 aromatic heterocycles. The number of hydrogen-bond acceptors (Lipinski definition) is 3. The van der Waals surface area contributed by atoms with Crippen molar-refractivity contribution in [3.05, 3.63) is 16.1 Å². The smallest absolute Gasteiger partial charge is 0.0954 e. The maximum Gasteiger partial charge on any atom is 0.0954 e. The van der Waals surface area contributed by atoms with Crippen LogP contribution in [-0.2, 0) is 6.54 Å². The molecule has 1 rings (SSSR count). The minimum atomic E-state index is 0.555. The predicted octanol–water partition coefficient (Wildman–Crippen LogP) is 3.79. The lowest BCUT2D eigenvalue weighted by atomic mass is 10.1. The van der Waals surface area contributed by atoms with Gasteiger partial charge in [0.05, 0.1) is 10.7 Å². The molecule has 0 fully saturated rings. The Bertz CT molecular complexity index is 292. The molecule has 2 nitrogen and oxygen atoms in total. The highest BCUT2D eigenvalue weighted by Crippen LogP contribution is 2.18. The van der Waals surface area contributed by atoms with E-state index in [2.05, 4.69) is 43.4 Å². The molecule has 3 heteroatoms. The first-order valence-electron chi connectivity index (χ1n) is 6.24. The standard InChI is InChI=1S/C13H24N2S/c1-10(2)6-5-7-14-8-12-9-16-13(15-12)11(3)4/h9-11,14H,5-8H2,1-4H3. The van der Waals surface area contributed by atoms with Gasteiger partial charge in [-0.3, -0.25) is 0 Å². The normalized spacial score (nSPS) is 11.6. The zero-order valence-corrected chi connectivity index (χ0v) is 11.7. The fourth-order valence-corrected chi connectivity index (χ4v) is 2.36. The first-order chi connectivity index (χ1) is 7.59. The Balaban J connectivity index is 2.17. The molecule has 1 N–H and O–H groups in total. The SMILES string of the molecule is CC(C)CCCNCc1csc(C(C)C)n1. The minimum Gasteiger partial charge on any atom is -0.311 e. The van der Waals surface area contributed by atoms with E-state index in [9.17, 15) is 0 Å². The third-order valence-corrected chi connectivity index (χ3v) is 3.70. The summed E-state index contributed by atoms with van der Waals surface area (Å²) in [5.41, 5.74) is 1.19. The topological polar surface area (TPSA) is 24.9 Å². The number of nitrogens with zero attached hydrogens (tertiary/aromatic N) is 1. The molecule has 92 valence electrons. The second kappa shape index (κ2) is 7.02. The summed E-state index contributed by atoms with van der Waals surface area (Å²) in [6.07, 6.45) is 2.57. The van der Waals surface area contributed by atoms with Crippen LogP contribution >= 0.6 is 11.3 Å². The molecule has 0 spiro atoms. The van der Waals surface area contributed by atoms with Gasteiger partial charge in [0.2, 0.25) is 0 Å². The van der Waals surface area contributed by atoms with E-state index >= 15 is 0 Å². The zero-order valence-electron chi connectivity index (χ0n) is 10.9. The number of aromatic nitrogens is 1. The Morgan fingerprint density at radius 1 is 1.31 bits per heavy atom. The van der Waals surface area contributed by atoms with E-state index in [1.165, 1.54) is 23.5 Å². The van der Waals surface area contributed by atoms with E-state index in [1.807, 2.05) is 0 Å². The Morgan fingerprint density at radius 3 is 2.62 bits per heavy atom. The molecule has 0 saturated carbocycles. The fraction of sp³-hybridized carbons (Fsp3) is 0.769. The van der Waals surface area contributed by atoms with Gasteiger partial charge in [0.1, 0.15) is 0 Å². The van der Waals surface area contributed by atoms with Crippen molar-refractivity contribution in [3.63, 3.8) is 0 Å². The average Bonchev–Trinajstić information content (AvgIpc) is 2.65. The van der Waals surface area contributed by atoms with Gasteiger partial charge in [-0.2, -0.15) is 0 Å². The predicted molar refractivity (Wildman–Crippen MR) is 72.0 cm³/mol. The van der Waals surface area contributed by atoms with Gasteiger partial charge in [-0.25, -0.2) is 4.98 Å². The van der Waals surface area contributed by atoms with E-state index in [0.717, 1.165) is 19.0 Å². The van der Waals surface area contributed by atoms with Crippen LogP contribution < -0.4 is 5.32 Å². The lowest BCUT2D eigenvalue weighted by Crippen LogP contribution is -2.15. The van der Waals surface area contributed by atoms with Crippen molar-refractivity contribution in [1.82, 2.24) is 10.3 Å². The summed E-state index contributed by atoms with van der Waals surface area (Å²) in [5, 5.41) is 6.87. The molecule has 1 aromatic rings. The van der Waals surface area contributed by atoms with E-state index in [4.69, 9.17) is 0 Å². The molecule has 0 saturated heterocycles. The van der Waals surface area contributed by atoms with Crippen LogP contribution in [0, 0.1) is 5.92 Å². The number of nitrogens with one attached hydrogen (secondary N) is 1. The Kier molecular flexibility index (Phi) is 5.99. The molecule has 0 bridgehead atoms. The lowest BCUT2D eigenvalue weighted by molar-refractivity contribution is 0.526. The molecule has 0 atom stereocenters. The van der Waals surface area contributed by atoms with Gasteiger partial charge in [0.15, 0.2) is 0 Å². The van der Waals surface area contributed by atoms with Crippen LogP contribution in [0.15, 0.2) is 5.38 Å². The van der Waals surface area contributed by atoms with Crippen LogP contribution in [0.3, 0.4) is 0 Å². The van der Waals surface area contributed by atoms with Gasteiger partial charge in [-0.15, -0.1) is 11.3 Å². The maximum absolute atomic E-state index is 4.60. The molecular formula is C13H24N2S. The molecule has 0 aromatic carbocycles. The van der Waals surface area contributed by atoms with Gasteiger partial charge in [-0.1, -0.05) is 27.7 Å². The molecule has 0 radical (unpaired) electrons. The lowest BCUT2D eigenvalue weighted by Gasteiger charge is -2.05. The molecule has 0 aliphatic heterocycles. The molecule has 0 amide bonds. The Labute approximate surface area is 103 Å². The maximum atomic E-state index is 4.60. The van der Waals surface area contributed by atoms with E-state index < -0.39 is 0 Å². The van der Waals surface area contributed by atoms with Gasteiger partial charge < -0.3 is 5.32 Å². The first kappa shape index (κ1) is 13.7. The summed E-state index contributed by atoms with van der Waals surface area (Å²) in [6.45, 7) is 11.0. The summed E-state index contributed by atoms with van der Waals surface area (Å²) >= 11 is 1.78. The average molecular weight is 240 g/mol. The Morgan fingerprint density at radius 2 is 2.06 bits per heavy atom. The largest absolute Gasteiger partial charge is 0.311 e. The summed E-state index contributed by atoms with van der Waals surface area (Å²) in [5.74, 6) is 1.37. The molecule has 0 aliphatic carbocycles. The van der Waals surface area contributed by atoms with E-state index in [-0.39, 0.29) is 0 Å². The van der Waals surface area contributed by atoms with Crippen molar-refractivity contribution in [1.29, 1.82) is 0 Å². The third-order valence-electron chi connectivity index (χ3n) is 2.50.